The molecule has 1 amide bonds. The second-order valence-electron chi connectivity index (χ2n) is 6.39. The smallest absolute Gasteiger partial charge is 0.338 e. The first-order valence-electron chi connectivity index (χ1n) is 8.16. The van der Waals surface area contributed by atoms with Crippen LogP contribution in [0.4, 0.5) is 14.5 Å². The summed E-state index contributed by atoms with van der Waals surface area (Å²) in [7, 11) is -4.34. The van der Waals surface area contributed by atoms with Crippen LogP contribution in [0, 0.1) is 23.0 Å². The Morgan fingerprint density at radius 2 is 1.72 bits per heavy atom. The fourth-order valence-electron chi connectivity index (χ4n) is 2.46. The number of anilines is 1. The molecule has 0 radical (unpaired) electrons. The number of rotatable bonds is 6. The lowest BCUT2D eigenvalue weighted by atomic mass is 10.2. The van der Waals surface area contributed by atoms with Crippen molar-refractivity contribution in [3.63, 3.8) is 0 Å². The van der Waals surface area contributed by atoms with Gasteiger partial charge >= 0.3 is 5.97 Å². The summed E-state index contributed by atoms with van der Waals surface area (Å²) in [5.74, 6) is -4.82. The molecule has 3 N–H and O–H groups in total. The number of nitrogens with one attached hydrogen (secondary N) is 2. The maximum absolute atomic E-state index is 14.0. The molecule has 2 aromatic carbocycles. The quantitative estimate of drug-likeness (QED) is 0.654. The minimum Gasteiger partial charge on any atom is -0.478 e. The fraction of sp³-hybridized carbons (Fsp3) is 0.167. The van der Waals surface area contributed by atoms with Gasteiger partial charge in [0.2, 0.25) is 0 Å². The number of sulfonamides is 1. The summed E-state index contributed by atoms with van der Waals surface area (Å²) in [6, 6.07) is 7.38. The maximum atomic E-state index is 14.0. The third kappa shape index (κ3) is 4.17. The van der Waals surface area contributed by atoms with E-state index in [0.29, 0.717) is 25.0 Å². The van der Waals surface area contributed by atoms with Crippen LogP contribution >= 0.6 is 0 Å². The van der Waals surface area contributed by atoms with Gasteiger partial charge in [0.1, 0.15) is 17.2 Å². The molecule has 29 heavy (non-hydrogen) atoms. The zero-order valence-electron chi connectivity index (χ0n) is 14.6. The first kappa shape index (κ1) is 20.2. The van der Waals surface area contributed by atoms with Gasteiger partial charge in [-0.2, -0.15) is 5.26 Å². The molecule has 8 nitrogen and oxygen atoms in total. The molecule has 0 atom stereocenters. The number of hydrogen-bond donors (Lipinski definition) is 3. The van der Waals surface area contributed by atoms with E-state index < -0.39 is 50.3 Å². The second-order valence-corrected chi connectivity index (χ2v) is 8.08. The highest BCUT2D eigenvalue weighted by Crippen LogP contribution is 2.34. The van der Waals surface area contributed by atoms with Crippen LogP contribution in [0.3, 0.4) is 0 Å². The predicted molar refractivity (Wildman–Crippen MR) is 95.6 cm³/mol. The number of carboxylic acids is 1. The van der Waals surface area contributed by atoms with Crippen LogP contribution in [-0.2, 0) is 10.0 Å². The van der Waals surface area contributed by atoms with E-state index in [1.807, 2.05) is 10.8 Å². The van der Waals surface area contributed by atoms with Crippen molar-refractivity contribution in [2.24, 2.45) is 0 Å². The van der Waals surface area contributed by atoms with Crippen LogP contribution in [0.15, 0.2) is 41.3 Å². The van der Waals surface area contributed by atoms with E-state index >= 15 is 0 Å². The number of carboxylic acid groups (broad SMARTS) is 1. The first-order valence-corrected chi connectivity index (χ1v) is 9.64. The third-order valence-corrected chi connectivity index (χ3v) is 5.66. The van der Waals surface area contributed by atoms with E-state index in [2.05, 4.69) is 5.32 Å². The van der Waals surface area contributed by atoms with Crippen LogP contribution in [0.25, 0.3) is 0 Å². The number of halogens is 2. The molecule has 1 fully saturated rings. The van der Waals surface area contributed by atoms with Crippen molar-refractivity contribution in [2.75, 3.05) is 4.72 Å². The molecule has 150 valence electrons. The van der Waals surface area contributed by atoms with Crippen molar-refractivity contribution in [3.05, 3.63) is 59.2 Å². The third-order valence-electron chi connectivity index (χ3n) is 4.28. The van der Waals surface area contributed by atoms with Gasteiger partial charge in [-0.15, -0.1) is 0 Å². The largest absolute Gasteiger partial charge is 0.478 e. The number of nitrogens with zero attached hydrogens (tertiary/aromatic N) is 1. The summed E-state index contributed by atoms with van der Waals surface area (Å²) >= 11 is 0. The number of aromatic carboxylic acids is 1. The highest BCUT2D eigenvalue weighted by atomic mass is 32.2. The average Bonchev–Trinajstić information content (AvgIpc) is 3.44. The molecule has 2 aromatic rings. The van der Waals surface area contributed by atoms with Crippen molar-refractivity contribution < 1.29 is 31.9 Å². The maximum Gasteiger partial charge on any atom is 0.338 e. The first-order chi connectivity index (χ1) is 13.6. The van der Waals surface area contributed by atoms with Gasteiger partial charge in [-0.3, -0.25) is 9.52 Å². The van der Waals surface area contributed by atoms with Gasteiger partial charge in [0, 0.05) is 11.6 Å². The zero-order chi connectivity index (χ0) is 21.4. The summed E-state index contributed by atoms with van der Waals surface area (Å²) in [6.07, 6.45) is 1.07. The summed E-state index contributed by atoms with van der Waals surface area (Å²) in [4.78, 5) is 22.6. The number of amides is 1. The number of nitriles is 1. The minimum absolute atomic E-state index is 0.119. The van der Waals surface area contributed by atoms with E-state index in [1.54, 1.807) is 0 Å². The Labute approximate surface area is 163 Å². The van der Waals surface area contributed by atoms with Gasteiger partial charge in [-0.05, 0) is 43.2 Å². The van der Waals surface area contributed by atoms with Gasteiger partial charge in [-0.25, -0.2) is 22.0 Å². The number of benzene rings is 2. The Kier molecular flexibility index (Phi) is 4.98. The standard InChI is InChI=1S/C18H13F2N3O5S/c19-13-8-15(14(20)7-12(13)17(25)26)23-29(27,28)11-3-1-10(2-4-11)16(24)22-18(9-21)5-6-18/h1-4,7-8,23H,5-6H2,(H,22,24)(H,25,26). The normalized spacial score (nSPS) is 14.5. The van der Waals surface area contributed by atoms with E-state index in [-0.39, 0.29) is 10.5 Å². The van der Waals surface area contributed by atoms with Gasteiger partial charge in [-0.1, -0.05) is 0 Å². The van der Waals surface area contributed by atoms with Gasteiger partial charge in [0.25, 0.3) is 15.9 Å². The van der Waals surface area contributed by atoms with Gasteiger partial charge < -0.3 is 10.4 Å². The zero-order valence-corrected chi connectivity index (χ0v) is 15.4. The van der Waals surface area contributed by atoms with Crippen LogP contribution in [0.5, 0.6) is 0 Å². The molecule has 3 rings (SSSR count). The molecule has 1 saturated carbocycles. The highest BCUT2D eigenvalue weighted by molar-refractivity contribution is 7.92. The molecule has 0 saturated heterocycles. The van der Waals surface area contributed by atoms with Crippen molar-refractivity contribution in [3.8, 4) is 6.07 Å². The molecule has 1 aliphatic rings. The average molecular weight is 421 g/mol. The molecule has 1 aliphatic carbocycles. The summed E-state index contributed by atoms with van der Waals surface area (Å²) in [5, 5.41) is 20.3. The molecular weight excluding hydrogens is 408 g/mol. The van der Waals surface area contributed by atoms with E-state index in [0.717, 1.165) is 12.1 Å². The molecule has 11 heteroatoms. The lowest BCUT2D eigenvalue weighted by Gasteiger charge is -2.12. The number of carbonyl (C=O) groups excluding carboxylic acids is 1. The van der Waals surface area contributed by atoms with Crippen molar-refractivity contribution in [1.82, 2.24) is 5.32 Å². The Bertz CT molecular complexity index is 1150. The second kappa shape index (κ2) is 7.14. The van der Waals surface area contributed by atoms with E-state index in [9.17, 15) is 26.8 Å². The SMILES string of the molecule is N#CC1(NC(=O)c2ccc(S(=O)(=O)Nc3cc(F)c(C(=O)O)cc3F)cc2)CC1. The molecule has 0 heterocycles. The summed E-state index contributed by atoms with van der Waals surface area (Å²) < 4.78 is 54.3. The predicted octanol–water partition coefficient (Wildman–Crippen LogP) is 2.25. The Morgan fingerprint density at radius 3 is 2.24 bits per heavy atom. The molecule has 0 unspecified atom stereocenters. The van der Waals surface area contributed by atoms with E-state index in [1.165, 1.54) is 12.1 Å². The van der Waals surface area contributed by atoms with Crippen molar-refractivity contribution >= 4 is 27.6 Å². The molecule has 0 aliphatic heterocycles. The van der Waals surface area contributed by atoms with Crippen LogP contribution in [-0.4, -0.2) is 30.9 Å². The summed E-state index contributed by atoms with van der Waals surface area (Å²) in [6.45, 7) is 0. The Balaban J connectivity index is 1.80. The lowest BCUT2D eigenvalue weighted by molar-refractivity contribution is 0.0691. The molecular formula is C18H13F2N3O5S. The van der Waals surface area contributed by atoms with Crippen molar-refractivity contribution in [1.29, 1.82) is 5.26 Å². The monoisotopic (exact) mass is 421 g/mol. The lowest BCUT2D eigenvalue weighted by Crippen LogP contribution is -2.35. The van der Waals surface area contributed by atoms with Gasteiger partial charge in [0.05, 0.1) is 22.2 Å². The Morgan fingerprint density at radius 1 is 1.10 bits per heavy atom. The number of hydrogen-bond acceptors (Lipinski definition) is 5. The summed E-state index contributed by atoms with van der Waals surface area (Å²) in [5.41, 5.74) is -2.47. The molecule has 0 spiro atoms. The number of carbonyl (C=O) groups is 2. The fourth-order valence-corrected chi connectivity index (χ4v) is 3.52. The van der Waals surface area contributed by atoms with Crippen molar-refractivity contribution in [2.45, 2.75) is 23.3 Å². The van der Waals surface area contributed by atoms with Crippen LogP contribution in [0.1, 0.15) is 33.6 Å². The highest BCUT2D eigenvalue weighted by Gasteiger charge is 2.44. The van der Waals surface area contributed by atoms with Crippen LogP contribution in [0.2, 0.25) is 0 Å². The minimum atomic E-state index is -4.34. The van der Waals surface area contributed by atoms with Gasteiger partial charge in [0.15, 0.2) is 0 Å². The molecule has 0 bridgehead atoms. The van der Waals surface area contributed by atoms with Crippen LogP contribution < -0.4 is 10.0 Å². The Hall–Kier alpha value is -3.52. The van der Waals surface area contributed by atoms with E-state index in [4.69, 9.17) is 10.4 Å². The topological polar surface area (TPSA) is 136 Å². The molecule has 0 aromatic heterocycles.